The summed E-state index contributed by atoms with van der Waals surface area (Å²) in [6, 6.07) is 5.55. The first-order valence-corrected chi connectivity index (χ1v) is 6.57. The van der Waals surface area contributed by atoms with Gasteiger partial charge in [0.05, 0.1) is 0 Å². The molecule has 2 rings (SSSR count). The Morgan fingerprint density at radius 3 is 2.88 bits per heavy atom. The average Bonchev–Trinajstić information content (AvgIpc) is 2.60. The van der Waals surface area contributed by atoms with E-state index in [1.807, 2.05) is 25.1 Å². The summed E-state index contributed by atoms with van der Waals surface area (Å²) in [7, 11) is 0. The molecule has 0 amide bonds. The number of benzene rings is 1. The minimum Gasteiger partial charge on any atom is -0.289 e. The highest BCUT2D eigenvalue weighted by Gasteiger charge is 2.16. The number of hydrogen-bond acceptors (Lipinski definition) is 1. The van der Waals surface area contributed by atoms with Crippen molar-refractivity contribution in [1.82, 2.24) is 0 Å². The van der Waals surface area contributed by atoms with Crippen LogP contribution in [0.4, 0.5) is 0 Å². The maximum absolute atomic E-state index is 12.4. The lowest BCUT2D eigenvalue weighted by Gasteiger charge is -2.08. The number of halogens is 1. The first-order chi connectivity index (χ1) is 8.20. The number of carbonyl (C=O) groups excluding carboxylic acids is 1. The summed E-state index contributed by atoms with van der Waals surface area (Å²) in [4.78, 5) is 12.4. The summed E-state index contributed by atoms with van der Waals surface area (Å²) >= 11 is 6.06. The lowest BCUT2D eigenvalue weighted by atomic mass is 9.96. The van der Waals surface area contributed by atoms with Crippen molar-refractivity contribution in [3.63, 3.8) is 0 Å². The first kappa shape index (κ1) is 12.4. The van der Waals surface area contributed by atoms with Crippen LogP contribution in [0.2, 0.25) is 5.02 Å². The van der Waals surface area contributed by atoms with Gasteiger partial charge in [-0.05, 0) is 49.8 Å². The molecule has 0 radical (unpaired) electrons. The summed E-state index contributed by atoms with van der Waals surface area (Å²) in [5.41, 5.74) is 2.61. The minimum absolute atomic E-state index is 0.159. The first-order valence-electron chi connectivity index (χ1n) is 6.19. The van der Waals surface area contributed by atoms with E-state index < -0.39 is 0 Å². The highest BCUT2D eigenvalue weighted by molar-refractivity contribution is 6.32. The number of Topliss-reactive ketones (excluding diaryl/α,β-unsaturated/α-hetero) is 1. The van der Waals surface area contributed by atoms with Crippen LogP contribution in [0.3, 0.4) is 0 Å². The quantitative estimate of drug-likeness (QED) is 0.692. The second-order valence-corrected chi connectivity index (χ2v) is 4.98. The van der Waals surface area contributed by atoms with E-state index in [2.05, 4.69) is 6.08 Å². The second kappa shape index (κ2) is 5.50. The molecule has 0 bridgehead atoms. The molecule has 0 heterocycles. The Labute approximate surface area is 107 Å². The summed E-state index contributed by atoms with van der Waals surface area (Å²) in [6.45, 7) is 1.91. The Balaban J connectivity index is 2.30. The Morgan fingerprint density at radius 2 is 2.06 bits per heavy atom. The zero-order chi connectivity index (χ0) is 12.3. The fourth-order valence-electron chi connectivity index (χ4n) is 2.25. The van der Waals surface area contributed by atoms with Gasteiger partial charge in [-0.15, -0.1) is 0 Å². The van der Waals surface area contributed by atoms with E-state index in [0.29, 0.717) is 5.02 Å². The molecule has 2 heteroatoms. The molecule has 0 aliphatic heterocycles. The van der Waals surface area contributed by atoms with Crippen LogP contribution in [0.25, 0.3) is 0 Å². The molecule has 1 aromatic carbocycles. The van der Waals surface area contributed by atoms with Crippen molar-refractivity contribution in [2.24, 2.45) is 0 Å². The largest absolute Gasteiger partial charge is 0.289 e. The molecule has 0 saturated carbocycles. The summed E-state index contributed by atoms with van der Waals surface area (Å²) < 4.78 is 0. The van der Waals surface area contributed by atoms with Gasteiger partial charge in [-0.1, -0.05) is 36.2 Å². The number of carbonyl (C=O) groups is 1. The normalized spacial score (nSPS) is 16.2. The molecule has 1 aromatic rings. The molecule has 0 fully saturated rings. The van der Waals surface area contributed by atoms with Crippen LogP contribution < -0.4 is 0 Å². The number of hydrogen-bond donors (Lipinski definition) is 0. The van der Waals surface area contributed by atoms with E-state index in [1.165, 1.54) is 12.8 Å². The Bertz CT molecular complexity index is 460. The molecule has 0 N–H and O–H groups in total. The van der Waals surface area contributed by atoms with Gasteiger partial charge in [-0.2, -0.15) is 0 Å². The molecule has 0 saturated heterocycles. The van der Waals surface area contributed by atoms with Crippen LogP contribution in [-0.2, 0) is 0 Å². The van der Waals surface area contributed by atoms with E-state index in [1.54, 1.807) is 0 Å². The van der Waals surface area contributed by atoms with Crippen LogP contribution in [0.15, 0.2) is 29.8 Å². The van der Waals surface area contributed by atoms with Crippen LogP contribution in [0.5, 0.6) is 0 Å². The predicted octanol–water partition coefficient (Wildman–Crippen LogP) is 4.72. The predicted molar refractivity (Wildman–Crippen MR) is 71.7 cm³/mol. The lowest BCUT2D eigenvalue weighted by Crippen LogP contribution is -2.05. The zero-order valence-corrected chi connectivity index (χ0v) is 10.9. The van der Waals surface area contributed by atoms with Gasteiger partial charge in [0.2, 0.25) is 0 Å². The van der Waals surface area contributed by atoms with Crippen molar-refractivity contribution in [2.75, 3.05) is 0 Å². The highest BCUT2D eigenvalue weighted by Crippen LogP contribution is 2.25. The molecule has 1 aliphatic carbocycles. The van der Waals surface area contributed by atoms with E-state index in [4.69, 9.17) is 11.6 Å². The summed E-state index contributed by atoms with van der Waals surface area (Å²) in [6.07, 6.45) is 7.59. The number of rotatable bonds is 2. The van der Waals surface area contributed by atoms with Crippen molar-refractivity contribution in [3.8, 4) is 0 Å². The Kier molecular flexibility index (Phi) is 4.01. The molecule has 0 unspecified atom stereocenters. The monoisotopic (exact) mass is 248 g/mol. The van der Waals surface area contributed by atoms with Crippen LogP contribution in [0.1, 0.15) is 48.0 Å². The second-order valence-electron chi connectivity index (χ2n) is 4.57. The van der Waals surface area contributed by atoms with Gasteiger partial charge in [0.15, 0.2) is 5.78 Å². The van der Waals surface area contributed by atoms with Crippen molar-refractivity contribution in [2.45, 2.75) is 39.0 Å². The molecule has 1 nitrogen and oxygen atoms in total. The highest BCUT2D eigenvalue weighted by atomic mass is 35.5. The fourth-order valence-corrected chi connectivity index (χ4v) is 2.42. The number of allylic oxidation sites excluding steroid dienone is 2. The Morgan fingerprint density at radius 1 is 1.24 bits per heavy atom. The average molecular weight is 249 g/mol. The van der Waals surface area contributed by atoms with Gasteiger partial charge in [-0.3, -0.25) is 4.79 Å². The van der Waals surface area contributed by atoms with Gasteiger partial charge < -0.3 is 0 Å². The third-order valence-electron chi connectivity index (χ3n) is 3.34. The van der Waals surface area contributed by atoms with Gasteiger partial charge >= 0.3 is 0 Å². The molecular weight excluding hydrogens is 232 g/mol. The minimum atomic E-state index is 0.159. The molecule has 0 atom stereocenters. The van der Waals surface area contributed by atoms with E-state index in [-0.39, 0.29) is 5.78 Å². The number of ketones is 1. The van der Waals surface area contributed by atoms with Gasteiger partial charge in [0, 0.05) is 10.6 Å². The van der Waals surface area contributed by atoms with Gasteiger partial charge in [0.25, 0.3) is 0 Å². The molecule has 1 aliphatic rings. The van der Waals surface area contributed by atoms with Crippen molar-refractivity contribution >= 4 is 17.4 Å². The van der Waals surface area contributed by atoms with Crippen molar-refractivity contribution in [1.29, 1.82) is 0 Å². The SMILES string of the molecule is Cc1c(Cl)cccc1C(=O)C1=CCCCCC1. The van der Waals surface area contributed by atoms with Crippen molar-refractivity contribution in [3.05, 3.63) is 46.0 Å². The molecule has 0 aromatic heterocycles. The van der Waals surface area contributed by atoms with E-state index in [0.717, 1.165) is 36.0 Å². The van der Waals surface area contributed by atoms with Crippen LogP contribution in [-0.4, -0.2) is 5.78 Å². The Hall–Kier alpha value is -1.08. The summed E-state index contributed by atoms with van der Waals surface area (Å²) in [5.74, 6) is 0.159. The van der Waals surface area contributed by atoms with E-state index >= 15 is 0 Å². The lowest BCUT2D eigenvalue weighted by molar-refractivity contribution is 0.103. The third-order valence-corrected chi connectivity index (χ3v) is 3.75. The van der Waals surface area contributed by atoms with Gasteiger partial charge in [-0.25, -0.2) is 0 Å². The maximum atomic E-state index is 12.4. The zero-order valence-electron chi connectivity index (χ0n) is 10.1. The molecule has 17 heavy (non-hydrogen) atoms. The van der Waals surface area contributed by atoms with E-state index in [9.17, 15) is 4.79 Å². The molecule has 0 spiro atoms. The fraction of sp³-hybridized carbons (Fsp3) is 0.400. The molecule has 90 valence electrons. The van der Waals surface area contributed by atoms with Crippen LogP contribution >= 0.6 is 11.6 Å². The summed E-state index contributed by atoms with van der Waals surface area (Å²) in [5, 5.41) is 0.671. The van der Waals surface area contributed by atoms with Crippen LogP contribution in [0, 0.1) is 6.92 Å². The third kappa shape index (κ3) is 2.78. The van der Waals surface area contributed by atoms with Crippen molar-refractivity contribution < 1.29 is 4.79 Å². The topological polar surface area (TPSA) is 17.1 Å². The van der Waals surface area contributed by atoms with Gasteiger partial charge in [0.1, 0.15) is 0 Å². The standard InChI is InChI=1S/C15H17ClO/c1-11-13(9-6-10-14(11)16)15(17)12-7-4-2-3-5-8-12/h6-7,9-10H,2-5,8H2,1H3. The molecular formula is C15H17ClO. The smallest absolute Gasteiger partial charge is 0.189 e. The maximum Gasteiger partial charge on any atom is 0.189 e.